The van der Waals surface area contributed by atoms with Crippen LogP contribution in [-0.4, -0.2) is 51.0 Å². The standard InChI is InChI=1S/C25H38INO6Si/c1-16(10-9-13-28)14-20-25(6)21(32-23(30)27-20)17(2)19(31-22(25)29)15-18(11-12-26)33-34(7,8)24(3,4)5/h9-14,17-21H,15H2,1-8H3,(H,27,30)/b10-9+,12-11+,16-14+/t17-,18-,19-,20-,21+,25+/m1/s1. The second-order valence-corrected chi connectivity index (χ2v) is 16.4. The summed E-state index contributed by atoms with van der Waals surface area (Å²) in [5.41, 5.74) is -0.355. The molecule has 1 amide bonds. The van der Waals surface area contributed by atoms with Crippen LogP contribution >= 0.6 is 22.6 Å². The lowest BCUT2D eigenvalue weighted by Gasteiger charge is -2.51. The van der Waals surface area contributed by atoms with Gasteiger partial charge < -0.3 is 19.2 Å². The van der Waals surface area contributed by atoms with Crippen LogP contribution in [0.25, 0.3) is 0 Å². The van der Waals surface area contributed by atoms with Crippen LogP contribution in [0.15, 0.2) is 34.0 Å². The summed E-state index contributed by atoms with van der Waals surface area (Å²) in [6.45, 7) is 16.5. The Balaban J connectivity index is 2.32. The molecule has 2 aliphatic rings. The number of aldehydes is 1. The molecule has 9 heteroatoms. The van der Waals surface area contributed by atoms with Gasteiger partial charge in [0, 0.05) is 12.3 Å². The van der Waals surface area contributed by atoms with E-state index in [-0.39, 0.29) is 17.1 Å². The van der Waals surface area contributed by atoms with E-state index in [1.165, 1.54) is 6.08 Å². The van der Waals surface area contributed by atoms with E-state index < -0.39 is 44.0 Å². The minimum Gasteiger partial charge on any atom is -0.461 e. The Morgan fingerprint density at radius 3 is 2.50 bits per heavy atom. The third kappa shape index (κ3) is 6.20. The fourth-order valence-corrected chi connectivity index (χ4v) is 5.96. The molecule has 2 rings (SSSR count). The zero-order valence-corrected chi connectivity index (χ0v) is 24.5. The number of fused-ring (bicyclic) bond motifs is 1. The SMILES string of the molecule is CC(/C=C/C=O)=C\[C@H]1NC(=O)O[C@H]2[C@H](C)[C@@H](C[C@@H](/C=C/I)O[Si](C)(C)C(C)(C)C)OC(=O)[C@@]12C. The largest absolute Gasteiger partial charge is 0.461 e. The van der Waals surface area contributed by atoms with Crippen molar-refractivity contribution in [2.75, 3.05) is 0 Å². The Labute approximate surface area is 218 Å². The molecular weight excluding hydrogens is 565 g/mol. The number of allylic oxidation sites excluding steroid dienone is 3. The maximum Gasteiger partial charge on any atom is 0.407 e. The van der Waals surface area contributed by atoms with Gasteiger partial charge in [0.2, 0.25) is 0 Å². The molecule has 190 valence electrons. The number of carbonyl (C=O) groups excluding carboxylic acids is 3. The number of carbonyl (C=O) groups is 3. The molecule has 2 aliphatic heterocycles. The van der Waals surface area contributed by atoms with Crippen molar-refractivity contribution in [3.63, 3.8) is 0 Å². The van der Waals surface area contributed by atoms with Crippen LogP contribution in [-0.2, 0) is 23.5 Å². The van der Waals surface area contributed by atoms with Crippen molar-refractivity contribution in [3.8, 4) is 0 Å². The summed E-state index contributed by atoms with van der Waals surface area (Å²) in [6, 6.07) is -0.625. The van der Waals surface area contributed by atoms with E-state index in [1.807, 2.05) is 17.1 Å². The molecule has 0 aromatic rings. The zero-order valence-electron chi connectivity index (χ0n) is 21.4. The number of hydrogen-bond donors (Lipinski definition) is 1. The molecule has 7 nitrogen and oxygen atoms in total. The Kier molecular flexibility index (Phi) is 9.37. The Morgan fingerprint density at radius 2 is 1.94 bits per heavy atom. The third-order valence-electron chi connectivity index (χ3n) is 7.38. The van der Waals surface area contributed by atoms with Gasteiger partial charge in [0.1, 0.15) is 23.9 Å². The van der Waals surface area contributed by atoms with Crippen LogP contribution in [0.4, 0.5) is 4.79 Å². The van der Waals surface area contributed by atoms with Gasteiger partial charge in [0.25, 0.3) is 0 Å². The summed E-state index contributed by atoms with van der Waals surface area (Å²) in [4.78, 5) is 36.5. The van der Waals surface area contributed by atoms with Crippen LogP contribution in [0.1, 0.15) is 48.0 Å². The highest BCUT2D eigenvalue weighted by atomic mass is 127. The molecule has 0 saturated carbocycles. The summed E-state index contributed by atoms with van der Waals surface area (Å²) in [5.74, 6) is -0.651. The van der Waals surface area contributed by atoms with Crippen molar-refractivity contribution in [2.45, 2.75) is 90.4 Å². The smallest absolute Gasteiger partial charge is 0.407 e. The van der Waals surface area contributed by atoms with Gasteiger partial charge in [-0.15, -0.1) is 0 Å². The van der Waals surface area contributed by atoms with Crippen molar-refractivity contribution >= 4 is 49.3 Å². The molecule has 0 bridgehead atoms. The topological polar surface area (TPSA) is 90.9 Å². The first-order valence-corrected chi connectivity index (χ1v) is 15.8. The lowest BCUT2D eigenvalue weighted by molar-refractivity contribution is -0.203. The lowest BCUT2D eigenvalue weighted by Crippen LogP contribution is -2.68. The molecule has 2 heterocycles. The van der Waals surface area contributed by atoms with Crippen LogP contribution in [0.3, 0.4) is 0 Å². The van der Waals surface area contributed by atoms with Gasteiger partial charge in [0.05, 0.1) is 12.1 Å². The van der Waals surface area contributed by atoms with Crippen molar-refractivity contribution in [2.24, 2.45) is 11.3 Å². The van der Waals surface area contributed by atoms with E-state index in [9.17, 15) is 14.4 Å². The van der Waals surface area contributed by atoms with Gasteiger partial charge in [-0.25, -0.2) is 4.79 Å². The first-order valence-electron chi connectivity index (χ1n) is 11.6. The first-order chi connectivity index (χ1) is 15.7. The van der Waals surface area contributed by atoms with E-state index in [2.05, 4.69) is 61.8 Å². The normalized spacial score (nSPS) is 31.6. The van der Waals surface area contributed by atoms with Crippen molar-refractivity contribution in [1.82, 2.24) is 5.32 Å². The minimum atomic E-state index is -2.06. The summed E-state index contributed by atoms with van der Waals surface area (Å²) in [6.07, 6.45) is 6.02. The highest BCUT2D eigenvalue weighted by molar-refractivity contribution is 14.1. The van der Waals surface area contributed by atoms with Gasteiger partial charge in [-0.3, -0.25) is 9.59 Å². The second kappa shape index (κ2) is 11.1. The number of rotatable bonds is 8. The van der Waals surface area contributed by atoms with Crippen LogP contribution < -0.4 is 5.32 Å². The lowest BCUT2D eigenvalue weighted by atomic mass is 9.67. The van der Waals surface area contributed by atoms with Crippen molar-refractivity contribution in [1.29, 1.82) is 0 Å². The van der Waals surface area contributed by atoms with E-state index >= 15 is 0 Å². The Bertz CT molecular complexity index is 877. The highest BCUT2D eigenvalue weighted by Gasteiger charge is 2.61. The predicted molar refractivity (Wildman–Crippen MR) is 143 cm³/mol. The minimum absolute atomic E-state index is 0.0398. The van der Waals surface area contributed by atoms with Gasteiger partial charge >= 0.3 is 12.1 Å². The molecule has 0 radical (unpaired) electrons. The molecule has 0 aromatic heterocycles. The second-order valence-electron chi connectivity index (χ2n) is 10.9. The maximum atomic E-state index is 13.4. The summed E-state index contributed by atoms with van der Waals surface area (Å²) < 4.78 is 20.2. The molecule has 1 N–H and O–H groups in total. The Morgan fingerprint density at radius 1 is 1.29 bits per heavy atom. The maximum absolute atomic E-state index is 13.4. The number of hydrogen-bond acceptors (Lipinski definition) is 6. The van der Waals surface area contributed by atoms with Gasteiger partial charge in [-0.1, -0.05) is 74.1 Å². The summed E-state index contributed by atoms with van der Waals surface area (Å²) >= 11 is 2.17. The average molecular weight is 604 g/mol. The molecule has 0 spiro atoms. The number of halogens is 1. The number of alkyl carbamates (subject to hydrolysis) is 1. The quantitative estimate of drug-likeness (QED) is 0.0990. The number of cyclic esters (lactones) is 1. The van der Waals surface area contributed by atoms with Crippen molar-refractivity contribution < 1.29 is 28.3 Å². The van der Waals surface area contributed by atoms with Gasteiger partial charge in [-0.05, 0) is 42.1 Å². The molecule has 2 fully saturated rings. The third-order valence-corrected chi connectivity index (χ3v) is 12.3. The summed E-state index contributed by atoms with van der Waals surface area (Å²) in [7, 11) is -2.06. The Hall–Kier alpha value is -1.46. The predicted octanol–water partition coefficient (Wildman–Crippen LogP) is 5.46. The van der Waals surface area contributed by atoms with Crippen LogP contribution in [0.5, 0.6) is 0 Å². The number of ether oxygens (including phenoxy) is 2. The number of nitrogens with one attached hydrogen (secondary N) is 1. The molecular formula is C25H38INO6Si. The highest BCUT2D eigenvalue weighted by Crippen LogP contribution is 2.45. The fraction of sp³-hybridized carbons (Fsp3) is 0.640. The average Bonchev–Trinajstić information content (AvgIpc) is 2.71. The summed E-state index contributed by atoms with van der Waals surface area (Å²) in [5, 5.41) is 2.79. The van der Waals surface area contributed by atoms with E-state index in [4.69, 9.17) is 13.9 Å². The van der Waals surface area contributed by atoms with Gasteiger partial charge in [-0.2, -0.15) is 0 Å². The molecule has 0 aliphatic carbocycles. The molecule has 2 saturated heterocycles. The monoisotopic (exact) mass is 603 g/mol. The number of amides is 1. The molecule has 0 aromatic carbocycles. The zero-order chi connectivity index (χ0) is 25.9. The van der Waals surface area contributed by atoms with Crippen LogP contribution in [0.2, 0.25) is 18.1 Å². The molecule has 0 unspecified atom stereocenters. The molecule has 6 atom stereocenters. The first kappa shape index (κ1) is 28.8. The molecule has 34 heavy (non-hydrogen) atoms. The van der Waals surface area contributed by atoms with E-state index in [1.54, 1.807) is 26.0 Å². The van der Waals surface area contributed by atoms with Gasteiger partial charge in [0.15, 0.2) is 8.32 Å². The number of esters is 1. The van der Waals surface area contributed by atoms with E-state index in [0.717, 1.165) is 5.57 Å². The van der Waals surface area contributed by atoms with E-state index in [0.29, 0.717) is 12.7 Å². The van der Waals surface area contributed by atoms with Crippen LogP contribution in [0, 0.1) is 11.3 Å². The fourth-order valence-electron chi connectivity index (χ4n) is 4.21. The van der Waals surface area contributed by atoms with Crippen molar-refractivity contribution in [3.05, 3.63) is 34.0 Å².